The summed E-state index contributed by atoms with van der Waals surface area (Å²) in [5, 5.41) is 21.5. The van der Waals surface area contributed by atoms with Crippen LogP contribution in [0.2, 0.25) is 0 Å². The van der Waals surface area contributed by atoms with E-state index in [0.717, 1.165) is 52.4 Å². The van der Waals surface area contributed by atoms with Crippen molar-refractivity contribution in [3.05, 3.63) is 0 Å². The summed E-state index contributed by atoms with van der Waals surface area (Å²) in [7, 11) is 0. The summed E-state index contributed by atoms with van der Waals surface area (Å²) in [5.41, 5.74) is 0. The normalized spacial score (nSPS) is 24.0. The lowest BCUT2D eigenvalue weighted by Crippen LogP contribution is -2.26. The molecule has 1 saturated heterocycles. The van der Waals surface area contributed by atoms with Gasteiger partial charge in [0.05, 0.1) is 0 Å². The molecule has 0 aromatic carbocycles. The number of hydrogen-bond acceptors (Lipinski definition) is 6. The van der Waals surface area contributed by atoms with E-state index in [9.17, 15) is 0 Å². The Morgan fingerprint density at radius 3 is 0.531 bits per heavy atom. The van der Waals surface area contributed by atoms with E-state index < -0.39 is 0 Å². The van der Waals surface area contributed by atoms with Crippen molar-refractivity contribution in [1.82, 2.24) is 31.9 Å². The number of rotatable bonds is 0. The molecule has 0 unspecified atom stereocenters. The topological polar surface area (TPSA) is 72.2 Å². The second kappa shape index (κ2) is 27.0. The zero-order valence-electron chi connectivity index (χ0n) is 21.4. The van der Waals surface area contributed by atoms with Crippen LogP contribution in [-0.2, 0) is 0 Å². The molecule has 0 aromatic heterocycles. The third-order valence-corrected chi connectivity index (χ3v) is 6.24. The third-order valence-electron chi connectivity index (χ3n) is 6.24. The molecule has 1 rings (SSSR count). The molecule has 32 heavy (non-hydrogen) atoms. The molecular formula is C26H58N6. The minimum absolute atomic E-state index is 1.14. The first-order valence-electron chi connectivity index (χ1n) is 14.2. The number of nitrogens with one attached hydrogen (secondary N) is 6. The summed E-state index contributed by atoms with van der Waals surface area (Å²) < 4.78 is 0. The molecule has 6 N–H and O–H groups in total. The Hall–Kier alpha value is -0.240. The molecule has 0 amide bonds. The van der Waals surface area contributed by atoms with Gasteiger partial charge in [0.1, 0.15) is 0 Å². The largest absolute Gasteiger partial charge is 0.317 e. The summed E-state index contributed by atoms with van der Waals surface area (Å²) in [6, 6.07) is 0. The van der Waals surface area contributed by atoms with Crippen molar-refractivity contribution in [3.63, 3.8) is 0 Å². The lowest BCUT2D eigenvalue weighted by atomic mass is 10.1. The molecule has 192 valence electrons. The summed E-state index contributed by atoms with van der Waals surface area (Å²) in [4.78, 5) is 0. The van der Waals surface area contributed by atoms with E-state index in [0.29, 0.717) is 0 Å². The zero-order valence-corrected chi connectivity index (χ0v) is 21.4. The summed E-state index contributed by atoms with van der Waals surface area (Å²) >= 11 is 0. The van der Waals surface area contributed by atoms with Crippen molar-refractivity contribution >= 4 is 0 Å². The van der Waals surface area contributed by atoms with Crippen LogP contribution in [0.1, 0.15) is 89.9 Å². The van der Waals surface area contributed by atoms with Crippen LogP contribution in [0.25, 0.3) is 0 Å². The third kappa shape index (κ3) is 24.4. The maximum absolute atomic E-state index is 3.60. The van der Waals surface area contributed by atoms with Crippen LogP contribution >= 0.6 is 0 Å². The van der Waals surface area contributed by atoms with Crippen molar-refractivity contribution in [2.45, 2.75) is 89.9 Å². The Kier molecular flexibility index (Phi) is 25.1. The second-order valence-electron chi connectivity index (χ2n) is 9.45. The van der Waals surface area contributed by atoms with E-state index in [4.69, 9.17) is 0 Å². The predicted octanol–water partition coefficient (Wildman–Crippen LogP) is 3.00. The fourth-order valence-corrected chi connectivity index (χ4v) is 4.16. The van der Waals surface area contributed by atoms with Gasteiger partial charge in [0.25, 0.3) is 0 Å². The fourth-order valence-electron chi connectivity index (χ4n) is 4.16. The van der Waals surface area contributed by atoms with E-state index in [1.165, 1.54) is 116 Å². The van der Waals surface area contributed by atoms with Gasteiger partial charge >= 0.3 is 0 Å². The van der Waals surface area contributed by atoms with Gasteiger partial charge in [0.15, 0.2) is 0 Å². The first-order chi connectivity index (χ1) is 16.0. The Bertz CT molecular complexity index is 182. The second-order valence-corrected chi connectivity index (χ2v) is 9.45. The average molecular weight is 455 g/mol. The van der Waals surface area contributed by atoms with Crippen molar-refractivity contribution in [3.8, 4) is 0 Å². The highest BCUT2D eigenvalue weighted by Gasteiger charge is 1.96. The van der Waals surface area contributed by atoms with E-state index in [2.05, 4.69) is 31.9 Å². The molecule has 1 aliphatic heterocycles. The molecule has 6 nitrogen and oxygen atoms in total. The van der Waals surface area contributed by atoms with Crippen LogP contribution < -0.4 is 31.9 Å². The molecule has 0 aliphatic carbocycles. The molecule has 0 saturated carbocycles. The maximum atomic E-state index is 3.60. The molecule has 0 radical (unpaired) electrons. The van der Waals surface area contributed by atoms with Gasteiger partial charge in [-0.2, -0.15) is 0 Å². The summed E-state index contributed by atoms with van der Waals surface area (Å²) in [5.74, 6) is 0. The summed E-state index contributed by atoms with van der Waals surface area (Å²) in [6.07, 6.45) is 18.5. The van der Waals surface area contributed by atoms with Crippen molar-refractivity contribution in [2.24, 2.45) is 0 Å². The number of hydrogen-bond donors (Lipinski definition) is 6. The van der Waals surface area contributed by atoms with Crippen LogP contribution in [0.5, 0.6) is 0 Å². The maximum Gasteiger partial charge on any atom is -0.00368 e. The van der Waals surface area contributed by atoms with Gasteiger partial charge in [-0.25, -0.2) is 0 Å². The Morgan fingerprint density at radius 2 is 0.312 bits per heavy atom. The first-order valence-corrected chi connectivity index (χ1v) is 14.2. The highest BCUT2D eigenvalue weighted by atomic mass is 14.9. The van der Waals surface area contributed by atoms with Gasteiger partial charge in [-0.1, -0.05) is 38.5 Å². The van der Waals surface area contributed by atoms with Crippen molar-refractivity contribution < 1.29 is 0 Å². The quantitative estimate of drug-likeness (QED) is 0.338. The van der Waals surface area contributed by atoms with Gasteiger partial charge in [0.2, 0.25) is 0 Å². The van der Waals surface area contributed by atoms with Gasteiger partial charge < -0.3 is 31.9 Å². The van der Waals surface area contributed by atoms with Crippen LogP contribution in [0.15, 0.2) is 0 Å². The Labute approximate surface area is 200 Å². The molecule has 0 aromatic rings. The highest BCUT2D eigenvalue weighted by molar-refractivity contribution is 4.58. The SMILES string of the molecule is C1CCCNCCCNCCCNCCCCCCCNCCCNCCCNCCC1. The van der Waals surface area contributed by atoms with Crippen molar-refractivity contribution in [1.29, 1.82) is 0 Å². The molecule has 0 bridgehead atoms. The van der Waals surface area contributed by atoms with Gasteiger partial charge in [-0.3, -0.25) is 0 Å². The molecule has 1 aliphatic rings. The van der Waals surface area contributed by atoms with E-state index in [-0.39, 0.29) is 0 Å². The molecule has 1 heterocycles. The monoisotopic (exact) mass is 454 g/mol. The average Bonchev–Trinajstić information content (AvgIpc) is 2.80. The standard InChI is InChI=1S/C26H58N6/c1-3-7-15-27-19-11-23-31-25-13-21-29-17-9-5-2-6-10-18-30-22-14-26-32-24-12-20-28-16-8-4-1/h27-32H,1-26H2. The van der Waals surface area contributed by atoms with E-state index >= 15 is 0 Å². The lowest BCUT2D eigenvalue weighted by molar-refractivity contribution is 0.522. The van der Waals surface area contributed by atoms with Gasteiger partial charge in [-0.15, -0.1) is 0 Å². The predicted molar refractivity (Wildman–Crippen MR) is 142 cm³/mol. The van der Waals surface area contributed by atoms with Crippen LogP contribution in [-0.4, -0.2) is 78.5 Å². The smallest absolute Gasteiger partial charge is 0.00368 e. The Balaban J connectivity index is 2.00. The molecule has 6 heteroatoms. The van der Waals surface area contributed by atoms with Crippen molar-refractivity contribution in [2.75, 3.05) is 78.5 Å². The first kappa shape index (κ1) is 29.8. The van der Waals surface area contributed by atoms with Crippen LogP contribution in [0.4, 0.5) is 0 Å². The fraction of sp³-hybridized carbons (Fsp3) is 1.00. The molecule has 0 spiro atoms. The van der Waals surface area contributed by atoms with E-state index in [1.807, 2.05) is 0 Å². The molecule has 1 fully saturated rings. The lowest BCUT2D eigenvalue weighted by Gasteiger charge is -2.09. The summed E-state index contributed by atoms with van der Waals surface area (Å²) in [6.45, 7) is 13.9. The molecule has 0 atom stereocenters. The minimum atomic E-state index is 1.14. The van der Waals surface area contributed by atoms with Gasteiger partial charge in [-0.05, 0) is 130 Å². The zero-order chi connectivity index (χ0) is 22.6. The Morgan fingerprint density at radius 1 is 0.156 bits per heavy atom. The van der Waals surface area contributed by atoms with Gasteiger partial charge in [0, 0.05) is 0 Å². The highest BCUT2D eigenvalue weighted by Crippen LogP contribution is 2.02. The van der Waals surface area contributed by atoms with E-state index in [1.54, 1.807) is 0 Å². The molecular weight excluding hydrogens is 396 g/mol. The minimum Gasteiger partial charge on any atom is -0.317 e. The van der Waals surface area contributed by atoms with Crippen LogP contribution in [0, 0.1) is 0 Å². The van der Waals surface area contributed by atoms with Crippen LogP contribution in [0.3, 0.4) is 0 Å².